The van der Waals surface area contributed by atoms with Crippen LogP contribution in [0.3, 0.4) is 0 Å². The second-order valence-corrected chi connectivity index (χ2v) is 4.47. The summed E-state index contributed by atoms with van der Waals surface area (Å²) in [6, 6.07) is 9.12. The van der Waals surface area contributed by atoms with Crippen LogP contribution >= 0.6 is 0 Å². The zero-order valence-electron chi connectivity index (χ0n) is 12.5. The average molecular weight is 302 g/mol. The molecule has 0 saturated carbocycles. The van der Waals surface area contributed by atoms with E-state index in [2.05, 4.69) is 4.98 Å². The van der Waals surface area contributed by atoms with Crippen LogP contribution in [0.2, 0.25) is 0 Å². The second kappa shape index (κ2) is 6.80. The molecule has 1 aromatic heterocycles. The van der Waals surface area contributed by atoms with Crippen LogP contribution in [0.1, 0.15) is 34.6 Å². The standard InChI is InChI=1S/C16H18N2O4/c1-3-21-15(19)11-12(16(20)22-4-2)14(17)18-13(11)10-8-6-5-7-9-10/h5-9,18H,3-4,17H2,1-2H3. The van der Waals surface area contributed by atoms with Crippen molar-refractivity contribution in [3.63, 3.8) is 0 Å². The maximum absolute atomic E-state index is 12.3. The van der Waals surface area contributed by atoms with Gasteiger partial charge in [-0.3, -0.25) is 0 Å². The fraction of sp³-hybridized carbons (Fsp3) is 0.250. The summed E-state index contributed by atoms with van der Waals surface area (Å²) >= 11 is 0. The first-order valence-corrected chi connectivity index (χ1v) is 7.01. The van der Waals surface area contributed by atoms with E-state index in [1.54, 1.807) is 13.8 Å². The zero-order chi connectivity index (χ0) is 16.1. The number of carbonyl (C=O) groups is 2. The minimum Gasteiger partial charge on any atom is -0.462 e. The summed E-state index contributed by atoms with van der Waals surface area (Å²) in [6.45, 7) is 3.76. The molecule has 0 fully saturated rings. The number of benzene rings is 1. The van der Waals surface area contributed by atoms with Gasteiger partial charge in [0, 0.05) is 0 Å². The Hall–Kier alpha value is -2.76. The van der Waals surface area contributed by atoms with Gasteiger partial charge in [-0.25, -0.2) is 9.59 Å². The van der Waals surface area contributed by atoms with Crippen molar-refractivity contribution in [3.05, 3.63) is 41.5 Å². The number of hydrogen-bond donors (Lipinski definition) is 2. The number of anilines is 1. The number of aromatic amines is 1. The van der Waals surface area contributed by atoms with E-state index in [9.17, 15) is 9.59 Å². The highest BCUT2D eigenvalue weighted by Gasteiger charge is 2.29. The van der Waals surface area contributed by atoms with Crippen LogP contribution in [0.25, 0.3) is 11.3 Å². The van der Waals surface area contributed by atoms with Gasteiger partial charge in [0.1, 0.15) is 16.9 Å². The highest BCUT2D eigenvalue weighted by molar-refractivity contribution is 6.10. The molecular formula is C16H18N2O4. The van der Waals surface area contributed by atoms with Crippen molar-refractivity contribution in [2.75, 3.05) is 18.9 Å². The molecule has 22 heavy (non-hydrogen) atoms. The van der Waals surface area contributed by atoms with Crippen molar-refractivity contribution >= 4 is 17.8 Å². The Kier molecular flexibility index (Phi) is 4.83. The molecule has 6 heteroatoms. The first-order chi connectivity index (χ1) is 10.6. The molecule has 6 nitrogen and oxygen atoms in total. The van der Waals surface area contributed by atoms with Crippen molar-refractivity contribution in [1.82, 2.24) is 4.98 Å². The van der Waals surface area contributed by atoms with Crippen LogP contribution in [-0.4, -0.2) is 30.1 Å². The van der Waals surface area contributed by atoms with Gasteiger partial charge in [0.15, 0.2) is 0 Å². The Morgan fingerprint density at radius 3 is 2.09 bits per heavy atom. The van der Waals surface area contributed by atoms with E-state index in [0.717, 1.165) is 5.56 Å². The van der Waals surface area contributed by atoms with Crippen LogP contribution in [0, 0.1) is 0 Å². The molecule has 0 bridgehead atoms. The molecule has 2 aromatic rings. The molecule has 0 aliphatic rings. The largest absolute Gasteiger partial charge is 0.462 e. The molecule has 1 aromatic carbocycles. The SMILES string of the molecule is CCOC(=O)c1c(N)[nH]c(-c2ccccc2)c1C(=O)OCC. The van der Waals surface area contributed by atoms with Crippen molar-refractivity contribution in [3.8, 4) is 11.3 Å². The van der Waals surface area contributed by atoms with Crippen molar-refractivity contribution < 1.29 is 19.1 Å². The molecule has 0 aliphatic heterocycles. The molecular weight excluding hydrogens is 284 g/mol. The molecule has 0 spiro atoms. The van der Waals surface area contributed by atoms with Crippen molar-refractivity contribution in [2.45, 2.75) is 13.8 Å². The van der Waals surface area contributed by atoms with Crippen LogP contribution < -0.4 is 5.73 Å². The Bertz CT molecular complexity index is 677. The summed E-state index contributed by atoms with van der Waals surface area (Å²) in [7, 11) is 0. The van der Waals surface area contributed by atoms with Crippen LogP contribution in [-0.2, 0) is 9.47 Å². The van der Waals surface area contributed by atoms with Crippen LogP contribution in [0.15, 0.2) is 30.3 Å². The maximum Gasteiger partial charge on any atom is 0.342 e. The van der Waals surface area contributed by atoms with Gasteiger partial charge in [-0.1, -0.05) is 30.3 Å². The van der Waals surface area contributed by atoms with Gasteiger partial charge in [0.2, 0.25) is 0 Å². The summed E-state index contributed by atoms with van der Waals surface area (Å²) in [5.74, 6) is -1.18. The van der Waals surface area contributed by atoms with E-state index in [1.807, 2.05) is 30.3 Å². The molecule has 0 atom stereocenters. The first kappa shape index (κ1) is 15.6. The number of nitrogen functional groups attached to an aromatic ring is 1. The molecule has 2 rings (SSSR count). The van der Waals surface area contributed by atoms with Gasteiger partial charge in [-0.05, 0) is 19.4 Å². The lowest BCUT2D eigenvalue weighted by atomic mass is 10.0. The number of rotatable bonds is 5. The Morgan fingerprint density at radius 1 is 1.00 bits per heavy atom. The Morgan fingerprint density at radius 2 is 1.55 bits per heavy atom. The maximum atomic E-state index is 12.3. The normalized spacial score (nSPS) is 10.3. The van der Waals surface area contributed by atoms with Crippen molar-refractivity contribution in [1.29, 1.82) is 0 Å². The summed E-state index contributed by atoms with van der Waals surface area (Å²) < 4.78 is 10.0. The zero-order valence-corrected chi connectivity index (χ0v) is 12.5. The average Bonchev–Trinajstić information content (AvgIpc) is 2.86. The fourth-order valence-corrected chi connectivity index (χ4v) is 2.16. The smallest absolute Gasteiger partial charge is 0.342 e. The molecule has 116 valence electrons. The number of carbonyl (C=O) groups excluding carboxylic acids is 2. The predicted molar refractivity (Wildman–Crippen MR) is 82.6 cm³/mol. The van der Waals surface area contributed by atoms with Crippen LogP contribution in [0.4, 0.5) is 5.82 Å². The molecule has 3 N–H and O–H groups in total. The molecule has 0 amide bonds. The number of esters is 2. The Labute approximate surface area is 128 Å². The van der Waals surface area contributed by atoms with E-state index >= 15 is 0 Å². The highest BCUT2D eigenvalue weighted by Crippen LogP contribution is 2.31. The quantitative estimate of drug-likeness (QED) is 0.828. The minimum atomic E-state index is -0.651. The second-order valence-electron chi connectivity index (χ2n) is 4.47. The van der Waals surface area contributed by atoms with Crippen molar-refractivity contribution in [2.24, 2.45) is 0 Å². The van der Waals surface area contributed by atoms with E-state index in [0.29, 0.717) is 5.69 Å². The third-order valence-electron chi connectivity index (χ3n) is 3.05. The Balaban J connectivity index is 2.62. The summed E-state index contributed by atoms with van der Waals surface area (Å²) in [5, 5.41) is 0. The first-order valence-electron chi connectivity index (χ1n) is 7.01. The molecule has 0 aliphatic carbocycles. The third kappa shape index (κ3) is 2.95. The lowest BCUT2D eigenvalue weighted by molar-refractivity contribution is 0.0481. The van der Waals surface area contributed by atoms with E-state index < -0.39 is 11.9 Å². The topological polar surface area (TPSA) is 94.4 Å². The van der Waals surface area contributed by atoms with Gasteiger partial charge < -0.3 is 20.2 Å². The fourth-order valence-electron chi connectivity index (χ4n) is 2.16. The third-order valence-corrected chi connectivity index (χ3v) is 3.05. The number of hydrogen-bond acceptors (Lipinski definition) is 5. The predicted octanol–water partition coefficient (Wildman–Crippen LogP) is 2.62. The number of nitrogens with two attached hydrogens (primary N) is 1. The number of H-pyrrole nitrogens is 1. The number of aromatic nitrogens is 1. The van der Waals surface area contributed by atoms with Gasteiger partial charge in [-0.15, -0.1) is 0 Å². The van der Waals surface area contributed by atoms with Crippen LogP contribution in [0.5, 0.6) is 0 Å². The molecule has 0 saturated heterocycles. The van der Waals surface area contributed by atoms with Gasteiger partial charge in [0.05, 0.1) is 18.9 Å². The van der Waals surface area contributed by atoms with Gasteiger partial charge in [-0.2, -0.15) is 0 Å². The number of nitrogens with one attached hydrogen (secondary N) is 1. The van der Waals surface area contributed by atoms with Gasteiger partial charge in [0.25, 0.3) is 0 Å². The summed E-state index contributed by atoms with van der Waals surface area (Å²) in [4.78, 5) is 27.3. The number of ether oxygens (including phenoxy) is 2. The summed E-state index contributed by atoms with van der Waals surface area (Å²) in [6.07, 6.45) is 0. The lowest BCUT2D eigenvalue weighted by Gasteiger charge is -2.07. The molecule has 0 radical (unpaired) electrons. The van der Waals surface area contributed by atoms with E-state index in [-0.39, 0.29) is 30.2 Å². The molecule has 0 unspecified atom stereocenters. The monoisotopic (exact) mass is 302 g/mol. The van der Waals surface area contributed by atoms with E-state index in [1.165, 1.54) is 0 Å². The highest BCUT2D eigenvalue weighted by atomic mass is 16.5. The molecule has 1 heterocycles. The minimum absolute atomic E-state index is 0.0131. The van der Waals surface area contributed by atoms with Gasteiger partial charge >= 0.3 is 11.9 Å². The lowest BCUT2D eigenvalue weighted by Crippen LogP contribution is -2.14. The summed E-state index contributed by atoms with van der Waals surface area (Å²) in [5.41, 5.74) is 7.17. The van der Waals surface area contributed by atoms with E-state index in [4.69, 9.17) is 15.2 Å².